The number of hydrogen-bond donors (Lipinski definition) is 1. The van der Waals surface area contributed by atoms with Crippen molar-refractivity contribution >= 4 is 12.2 Å². The molecule has 0 saturated carbocycles. The summed E-state index contributed by atoms with van der Waals surface area (Å²) in [7, 11) is 0. The third-order valence-corrected chi connectivity index (χ3v) is 2.74. The summed E-state index contributed by atoms with van der Waals surface area (Å²) in [5.41, 5.74) is 2.05. The summed E-state index contributed by atoms with van der Waals surface area (Å²) in [5.74, 6) is 0.684. The zero-order chi connectivity index (χ0) is 12.0. The minimum absolute atomic E-state index is 0.160. The molecule has 0 fully saturated rings. The number of phenolic OH excluding ortho intramolecular Hbond substituents is 1. The van der Waals surface area contributed by atoms with Crippen LogP contribution < -0.4 is 5.22 Å². The largest absolute Gasteiger partial charge is 0.507 e. The predicted molar refractivity (Wildman–Crippen MR) is 63.4 cm³/mol. The molecule has 1 aromatic carbocycles. The molecule has 84 valence electrons. The number of para-hydroxylation sites is 1. The summed E-state index contributed by atoms with van der Waals surface area (Å²) in [4.78, 5) is 0. The van der Waals surface area contributed by atoms with Gasteiger partial charge in [-0.25, -0.2) is 0 Å². The first-order chi connectivity index (χ1) is 8.18. The van der Waals surface area contributed by atoms with Crippen molar-refractivity contribution in [3.63, 3.8) is 0 Å². The molecule has 5 nitrogen and oxygen atoms in total. The van der Waals surface area contributed by atoms with Gasteiger partial charge in [-0.05, 0) is 19.1 Å². The molecule has 0 atom stereocenters. The topological polar surface area (TPSA) is 63.3 Å². The maximum absolute atomic E-state index is 9.79. The first-order valence-electron chi connectivity index (χ1n) is 5.17. The van der Waals surface area contributed by atoms with Gasteiger partial charge in [0.1, 0.15) is 5.75 Å². The average Bonchev–Trinajstić information content (AvgIpc) is 2.83. The highest BCUT2D eigenvalue weighted by Gasteiger charge is 2.14. The zero-order valence-electron chi connectivity index (χ0n) is 9.25. The Morgan fingerprint density at radius 3 is 2.76 bits per heavy atom. The summed E-state index contributed by atoms with van der Waals surface area (Å²) in [6.07, 6.45) is 0. The Bertz CT molecular complexity index is 747. The van der Waals surface area contributed by atoms with E-state index in [9.17, 15) is 5.11 Å². The van der Waals surface area contributed by atoms with E-state index in [4.69, 9.17) is 0 Å². The van der Waals surface area contributed by atoms with Crippen LogP contribution in [-0.4, -0.2) is 24.9 Å². The molecule has 0 aliphatic heterocycles. The van der Waals surface area contributed by atoms with E-state index in [2.05, 4.69) is 21.9 Å². The summed E-state index contributed by atoms with van der Waals surface area (Å²) in [5, 5.41) is 22.9. The van der Waals surface area contributed by atoms with Gasteiger partial charge >= 0.3 is 0 Å². The van der Waals surface area contributed by atoms with Gasteiger partial charge in [0.15, 0.2) is 11.5 Å². The second kappa shape index (κ2) is 3.28. The SMILES string of the molecule is C=c1c(C)nn2c(-c3ccccc3O)nnc12. The molecule has 2 heterocycles. The molecule has 2 aromatic heterocycles. The molecule has 3 aromatic rings. The van der Waals surface area contributed by atoms with Gasteiger partial charge in [-0.2, -0.15) is 9.61 Å². The third kappa shape index (κ3) is 1.29. The van der Waals surface area contributed by atoms with E-state index >= 15 is 0 Å². The highest BCUT2D eigenvalue weighted by molar-refractivity contribution is 5.66. The smallest absolute Gasteiger partial charge is 0.189 e. The summed E-state index contributed by atoms with van der Waals surface area (Å²) in [6, 6.07) is 6.97. The fourth-order valence-electron chi connectivity index (χ4n) is 1.77. The van der Waals surface area contributed by atoms with E-state index < -0.39 is 0 Å². The maximum Gasteiger partial charge on any atom is 0.189 e. The molecule has 0 aliphatic carbocycles. The molecule has 0 unspecified atom stereocenters. The van der Waals surface area contributed by atoms with Gasteiger partial charge in [0, 0.05) is 5.22 Å². The van der Waals surface area contributed by atoms with Gasteiger partial charge in [0.25, 0.3) is 0 Å². The third-order valence-electron chi connectivity index (χ3n) is 2.74. The van der Waals surface area contributed by atoms with Crippen molar-refractivity contribution in [3.8, 4) is 17.1 Å². The molecule has 0 spiro atoms. The first-order valence-corrected chi connectivity index (χ1v) is 5.17. The van der Waals surface area contributed by atoms with Gasteiger partial charge in [-0.1, -0.05) is 18.7 Å². The summed E-state index contributed by atoms with van der Waals surface area (Å²) >= 11 is 0. The Morgan fingerprint density at radius 2 is 2.00 bits per heavy atom. The van der Waals surface area contributed by atoms with Crippen LogP contribution >= 0.6 is 0 Å². The van der Waals surface area contributed by atoms with Crippen molar-refractivity contribution in [1.82, 2.24) is 19.8 Å². The van der Waals surface area contributed by atoms with Crippen molar-refractivity contribution in [1.29, 1.82) is 0 Å². The van der Waals surface area contributed by atoms with E-state index in [0.29, 0.717) is 17.0 Å². The molecular formula is C12H10N4O. The molecule has 0 aliphatic rings. The highest BCUT2D eigenvalue weighted by Crippen LogP contribution is 2.26. The second-order valence-electron chi connectivity index (χ2n) is 3.84. The van der Waals surface area contributed by atoms with Gasteiger partial charge in [0.2, 0.25) is 0 Å². The van der Waals surface area contributed by atoms with Crippen LogP contribution in [0.3, 0.4) is 0 Å². The van der Waals surface area contributed by atoms with Crippen molar-refractivity contribution in [3.05, 3.63) is 35.2 Å². The Morgan fingerprint density at radius 1 is 1.24 bits per heavy atom. The maximum atomic E-state index is 9.79. The normalized spacial score (nSPS) is 11.1. The van der Waals surface area contributed by atoms with Gasteiger partial charge in [0.05, 0.1) is 11.3 Å². The monoisotopic (exact) mass is 226 g/mol. The Hall–Kier alpha value is -2.43. The molecule has 17 heavy (non-hydrogen) atoms. The molecule has 0 bridgehead atoms. The number of aromatic hydroxyl groups is 1. The number of benzene rings is 1. The van der Waals surface area contributed by atoms with Crippen molar-refractivity contribution < 1.29 is 5.11 Å². The van der Waals surface area contributed by atoms with E-state index in [-0.39, 0.29) is 5.75 Å². The molecule has 0 radical (unpaired) electrons. The Labute approximate surface area is 97.0 Å². The fraction of sp³-hybridized carbons (Fsp3) is 0.0833. The summed E-state index contributed by atoms with van der Waals surface area (Å²) in [6.45, 7) is 5.76. The lowest BCUT2D eigenvalue weighted by Crippen LogP contribution is -1.98. The van der Waals surface area contributed by atoms with Gasteiger partial charge < -0.3 is 5.11 Å². The van der Waals surface area contributed by atoms with Crippen LogP contribution in [0.15, 0.2) is 24.3 Å². The Kier molecular flexibility index (Phi) is 1.89. The number of nitrogens with zero attached hydrogens (tertiary/aromatic N) is 4. The van der Waals surface area contributed by atoms with E-state index in [1.54, 1.807) is 22.7 Å². The summed E-state index contributed by atoms with van der Waals surface area (Å²) < 4.78 is 1.60. The lowest BCUT2D eigenvalue weighted by atomic mass is 10.2. The number of hydrogen-bond acceptors (Lipinski definition) is 4. The predicted octanol–water partition coefficient (Wildman–Crippen LogP) is 0.935. The lowest BCUT2D eigenvalue weighted by molar-refractivity contribution is 0.476. The standard InChI is InChI=1S/C12H10N4O/c1-7-8(2)15-16-11(7)13-14-12(16)9-5-3-4-6-10(9)17/h3-6,17H,1H2,2H3. The molecule has 5 heteroatoms. The van der Waals surface area contributed by atoms with Crippen LogP contribution in [-0.2, 0) is 0 Å². The van der Waals surface area contributed by atoms with Crippen molar-refractivity contribution in [2.75, 3.05) is 0 Å². The average molecular weight is 226 g/mol. The van der Waals surface area contributed by atoms with Crippen LogP contribution in [0, 0.1) is 6.92 Å². The molecule has 1 N–H and O–H groups in total. The quantitative estimate of drug-likeness (QED) is 0.670. The number of rotatable bonds is 1. The molecule has 3 rings (SSSR count). The zero-order valence-corrected chi connectivity index (χ0v) is 9.25. The Balaban J connectivity index is 2.36. The highest BCUT2D eigenvalue weighted by atomic mass is 16.3. The van der Waals surface area contributed by atoms with Gasteiger partial charge in [-0.3, -0.25) is 0 Å². The van der Waals surface area contributed by atoms with Crippen molar-refractivity contribution in [2.24, 2.45) is 0 Å². The van der Waals surface area contributed by atoms with Crippen molar-refractivity contribution in [2.45, 2.75) is 6.92 Å². The first kappa shape index (κ1) is 9.77. The van der Waals surface area contributed by atoms with Crippen LogP contribution in [0.4, 0.5) is 0 Å². The van der Waals surface area contributed by atoms with E-state index in [1.165, 1.54) is 0 Å². The van der Waals surface area contributed by atoms with Crippen LogP contribution in [0.2, 0.25) is 0 Å². The molecule has 0 saturated heterocycles. The fourth-order valence-corrected chi connectivity index (χ4v) is 1.77. The lowest BCUT2D eigenvalue weighted by Gasteiger charge is -1.99. The second-order valence-corrected chi connectivity index (χ2v) is 3.84. The number of aryl methyl sites for hydroxylation is 1. The van der Waals surface area contributed by atoms with E-state index in [1.807, 2.05) is 13.0 Å². The minimum atomic E-state index is 0.160. The molecular weight excluding hydrogens is 216 g/mol. The van der Waals surface area contributed by atoms with Crippen LogP contribution in [0.1, 0.15) is 5.69 Å². The van der Waals surface area contributed by atoms with Crippen LogP contribution in [0.25, 0.3) is 23.6 Å². The van der Waals surface area contributed by atoms with E-state index in [0.717, 1.165) is 10.9 Å². The number of aromatic nitrogens is 4. The van der Waals surface area contributed by atoms with Crippen LogP contribution in [0.5, 0.6) is 5.75 Å². The number of fused-ring (bicyclic) bond motifs is 1. The van der Waals surface area contributed by atoms with Gasteiger partial charge in [-0.15, -0.1) is 10.2 Å². The minimum Gasteiger partial charge on any atom is -0.507 e. The number of phenols is 1. The molecule has 0 amide bonds.